The third-order valence-electron chi connectivity index (χ3n) is 9.27. The molecule has 9 aromatic rings. The van der Waals surface area contributed by atoms with E-state index in [1.54, 1.807) is 0 Å². The Labute approximate surface area is 279 Å². The number of para-hydroxylation sites is 2. The molecule has 8 aromatic carbocycles. The van der Waals surface area contributed by atoms with E-state index in [4.69, 9.17) is 4.42 Å². The average molecular weight is 614 g/mol. The van der Waals surface area contributed by atoms with E-state index < -0.39 is 0 Å². The van der Waals surface area contributed by atoms with Crippen LogP contribution in [0.4, 0.5) is 17.1 Å². The fourth-order valence-electron chi connectivity index (χ4n) is 6.85. The van der Waals surface area contributed by atoms with Crippen molar-refractivity contribution >= 4 is 49.6 Å². The monoisotopic (exact) mass is 613 g/mol. The van der Waals surface area contributed by atoms with E-state index in [1.807, 2.05) is 18.2 Å². The number of fused-ring (bicyclic) bond motifs is 4. The molecule has 0 saturated carbocycles. The minimum absolute atomic E-state index is 0.845. The Balaban J connectivity index is 1.14. The molecule has 0 aliphatic carbocycles. The van der Waals surface area contributed by atoms with Gasteiger partial charge in [-0.3, -0.25) is 0 Å². The second kappa shape index (κ2) is 11.8. The van der Waals surface area contributed by atoms with Crippen molar-refractivity contribution in [1.82, 2.24) is 0 Å². The van der Waals surface area contributed by atoms with Crippen LogP contribution in [0.15, 0.2) is 192 Å². The summed E-state index contributed by atoms with van der Waals surface area (Å²) in [6.07, 6.45) is 0. The molecule has 1 heterocycles. The highest BCUT2D eigenvalue weighted by atomic mass is 16.3. The lowest BCUT2D eigenvalue weighted by molar-refractivity contribution is 0.631. The summed E-state index contributed by atoms with van der Waals surface area (Å²) in [5.74, 6) is 0.845. The Kier molecular flexibility index (Phi) is 6.84. The number of furan rings is 1. The van der Waals surface area contributed by atoms with Crippen molar-refractivity contribution in [1.29, 1.82) is 0 Å². The molecule has 2 heteroatoms. The van der Waals surface area contributed by atoms with Gasteiger partial charge in [0.15, 0.2) is 0 Å². The van der Waals surface area contributed by atoms with E-state index in [2.05, 4.69) is 175 Å². The zero-order valence-corrected chi connectivity index (χ0v) is 26.3. The highest BCUT2D eigenvalue weighted by Gasteiger charge is 2.19. The van der Waals surface area contributed by atoms with Crippen LogP contribution in [0.25, 0.3) is 66.1 Å². The topological polar surface area (TPSA) is 16.4 Å². The quantitative estimate of drug-likeness (QED) is 0.174. The standard InChI is InChI=1S/C46H31NO/c1-2-10-32(11-3-1)33-20-25-39(26-21-33)47(44-16-8-7-15-43(44)46-31-38-13-5-9-17-45(38)48-46)40-27-22-34(23-28-40)36-24-29-42-37(30-36)19-18-35-12-4-6-14-41(35)42/h1-31H. The van der Waals surface area contributed by atoms with Gasteiger partial charge in [-0.2, -0.15) is 0 Å². The molecule has 0 N–H and O–H groups in total. The summed E-state index contributed by atoms with van der Waals surface area (Å²) in [4.78, 5) is 2.33. The maximum atomic E-state index is 6.41. The fraction of sp³-hybridized carbons (Fsp3) is 0. The average Bonchev–Trinajstić information content (AvgIpc) is 3.60. The first kappa shape index (κ1) is 27.9. The molecule has 0 saturated heterocycles. The first-order valence-electron chi connectivity index (χ1n) is 16.3. The van der Waals surface area contributed by atoms with Gasteiger partial charge in [-0.1, -0.05) is 133 Å². The lowest BCUT2D eigenvalue weighted by Gasteiger charge is -2.27. The SMILES string of the molecule is c1ccc(-c2ccc(N(c3ccc(-c4ccc5c(ccc6ccccc65)c4)cc3)c3ccccc3-c3cc4ccccc4o3)cc2)cc1. The Bertz CT molecular complexity index is 2510. The molecule has 0 unspecified atom stereocenters. The van der Waals surface area contributed by atoms with Gasteiger partial charge in [-0.15, -0.1) is 0 Å². The van der Waals surface area contributed by atoms with Gasteiger partial charge in [-0.05, 0) is 98.4 Å². The van der Waals surface area contributed by atoms with Crippen molar-refractivity contribution in [2.24, 2.45) is 0 Å². The number of benzene rings is 8. The van der Waals surface area contributed by atoms with Crippen molar-refractivity contribution < 1.29 is 4.42 Å². The number of rotatable bonds is 6. The zero-order valence-electron chi connectivity index (χ0n) is 26.3. The van der Waals surface area contributed by atoms with Crippen LogP contribution in [0, 0.1) is 0 Å². The second-order valence-electron chi connectivity index (χ2n) is 12.2. The normalized spacial score (nSPS) is 11.3. The summed E-state index contributed by atoms with van der Waals surface area (Å²) in [5.41, 5.74) is 9.87. The highest BCUT2D eigenvalue weighted by molar-refractivity contribution is 6.08. The van der Waals surface area contributed by atoms with E-state index in [0.29, 0.717) is 0 Å². The van der Waals surface area contributed by atoms with Gasteiger partial charge in [0.2, 0.25) is 0 Å². The smallest absolute Gasteiger partial charge is 0.137 e. The van der Waals surface area contributed by atoms with Gasteiger partial charge < -0.3 is 9.32 Å². The lowest BCUT2D eigenvalue weighted by Crippen LogP contribution is -2.11. The Morgan fingerprint density at radius 2 is 0.917 bits per heavy atom. The van der Waals surface area contributed by atoms with E-state index in [9.17, 15) is 0 Å². The molecule has 1 aromatic heterocycles. The number of hydrogen-bond donors (Lipinski definition) is 0. The van der Waals surface area contributed by atoms with Crippen LogP contribution in [0.5, 0.6) is 0 Å². The molecule has 48 heavy (non-hydrogen) atoms. The second-order valence-corrected chi connectivity index (χ2v) is 12.2. The zero-order chi connectivity index (χ0) is 31.9. The first-order chi connectivity index (χ1) is 23.8. The van der Waals surface area contributed by atoms with E-state index in [-0.39, 0.29) is 0 Å². The highest BCUT2D eigenvalue weighted by Crippen LogP contribution is 2.43. The third kappa shape index (κ3) is 5.01. The summed E-state index contributed by atoms with van der Waals surface area (Å²) in [6, 6.07) is 66.9. The van der Waals surface area contributed by atoms with Crippen LogP contribution in [0.1, 0.15) is 0 Å². The molecule has 0 aliphatic rings. The van der Waals surface area contributed by atoms with Gasteiger partial charge in [0.05, 0.1) is 5.69 Å². The van der Waals surface area contributed by atoms with Gasteiger partial charge >= 0.3 is 0 Å². The summed E-state index contributed by atoms with van der Waals surface area (Å²) in [7, 11) is 0. The van der Waals surface area contributed by atoms with Crippen molar-refractivity contribution in [3.05, 3.63) is 188 Å². The molecule has 0 aliphatic heterocycles. The largest absolute Gasteiger partial charge is 0.456 e. The molecule has 226 valence electrons. The molecule has 0 radical (unpaired) electrons. The maximum Gasteiger partial charge on any atom is 0.137 e. The number of hydrogen-bond acceptors (Lipinski definition) is 2. The van der Waals surface area contributed by atoms with Crippen LogP contribution in [-0.2, 0) is 0 Å². The summed E-state index contributed by atoms with van der Waals surface area (Å²) < 4.78 is 6.41. The molecule has 2 nitrogen and oxygen atoms in total. The maximum absolute atomic E-state index is 6.41. The van der Waals surface area contributed by atoms with Crippen LogP contribution in [0.3, 0.4) is 0 Å². The predicted octanol–water partition coefficient (Wildman–Crippen LogP) is 13.2. The molecular formula is C46H31NO. The number of anilines is 3. The Morgan fingerprint density at radius 3 is 1.69 bits per heavy atom. The minimum Gasteiger partial charge on any atom is -0.456 e. The van der Waals surface area contributed by atoms with Crippen molar-refractivity contribution in [2.45, 2.75) is 0 Å². The molecule has 0 bridgehead atoms. The molecule has 0 atom stereocenters. The fourth-order valence-corrected chi connectivity index (χ4v) is 6.85. The predicted molar refractivity (Wildman–Crippen MR) is 202 cm³/mol. The molecule has 9 rings (SSSR count). The van der Waals surface area contributed by atoms with Crippen molar-refractivity contribution in [3.63, 3.8) is 0 Å². The number of nitrogens with zero attached hydrogens (tertiary/aromatic N) is 1. The molecular weight excluding hydrogens is 583 g/mol. The summed E-state index contributed by atoms with van der Waals surface area (Å²) >= 11 is 0. The van der Waals surface area contributed by atoms with Crippen LogP contribution < -0.4 is 4.90 Å². The van der Waals surface area contributed by atoms with Crippen LogP contribution in [-0.4, -0.2) is 0 Å². The van der Waals surface area contributed by atoms with Crippen LogP contribution in [0.2, 0.25) is 0 Å². The van der Waals surface area contributed by atoms with Gasteiger partial charge in [0.25, 0.3) is 0 Å². The van der Waals surface area contributed by atoms with E-state index >= 15 is 0 Å². The van der Waals surface area contributed by atoms with Gasteiger partial charge in [0, 0.05) is 22.3 Å². The lowest BCUT2D eigenvalue weighted by atomic mass is 9.97. The van der Waals surface area contributed by atoms with Crippen molar-refractivity contribution in [2.75, 3.05) is 4.90 Å². The van der Waals surface area contributed by atoms with Crippen LogP contribution >= 0.6 is 0 Å². The third-order valence-corrected chi connectivity index (χ3v) is 9.27. The van der Waals surface area contributed by atoms with E-state index in [0.717, 1.165) is 39.4 Å². The van der Waals surface area contributed by atoms with Crippen molar-refractivity contribution in [3.8, 4) is 33.6 Å². The summed E-state index contributed by atoms with van der Waals surface area (Å²) in [5, 5.41) is 6.17. The molecule has 0 fully saturated rings. The Morgan fingerprint density at radius 1 is 0.354 bits per heavy atom. The van der Waals surface area contributed by atoms with Gasteiger partial charge in [-0.25, -0.2) is 0 Å². The first-order valence-corrected chi connectivity index (χ1v) is 16.3. The minimum atomic E-state index is 0.845. The Hall–Kier alpha value is -6.38. The molecule has 0 amide bonds. The van der Waals surface area contributed by atoms with Gasteiger partial charge in [0.1, 0.15) is 11.3 Å². The summed E-state index contributed by atoms with van der Waals surface area (Å²) in [6.45, 7) is 0. The molecule has 0 spiro atoms. The van der Waals surface area contributed by atoms with E-state index in [1.165, 1.54) is 43.8 Å².